The van der Waals surface area contributed by atoms with Crippen molar-refractivity contribution >= 4 is 22.4 Å². The largest absolute Gasteiger partial charge is 0.383 e. The van der Waals surface area contributed by atoms with Gasteiger partial charge in [0.05, 0.1) is 0 Å². The average Bonchev–Trinajstić information content (AvgIpc) is 2.56. The van der Waals surface area contributed by atoms with Gasteiger partial charge >= 0.3 is 0 Å². The fourth-order valence-electron chi connectivity index (χ4n) is 1.38. The van der Waals surface area contributed by atoms with E-state index in [9.17, 15) is 0 Å². The molecule has 86 valence electrons. The van der Waals surface area contributed by atoms with Crippen molar-refractivity contribution < 1.29 is 0 Å². The van der Waals surface area contributed by atoms with Crippen LogP contribution in [0.15, 0.2) is 0 Å². The number of nitrogens with one attached hydrogen (secondary N) is 1. The number of nitrogens with two attached hydrogens (primary N) is 1. The predicted octanol–water partition coefficient (Wildman–Crippen LogP) is 1.79. The van der Waals surface area contributed by atoms with E-state index >= 15 is 0 Å². The fraction of sp³-hybridized carbons (Fsp3) is 0.700. The Bertz CT molecular complexity index is 294. The van der Waals surface area contributed by atoms with Crippen LogP contribution in [0.3, 0.4) is 0 Å². The van der Waals surface area contributed by atoms with Gasteiger partial charge in [-0.2, -0.15) is 4.37 Å². The Morgan fingerprint density at radius 2 is 2.07 bits per heavy atom. The second-order valence-electron chi connectivity index (χ2n) is 3.48. The maximum atomic E-state index is 5.67. The maximum absolute atomic E-state index is 5.67. The van der Waals surface area contributed by atoms with Gasteiger partial charge in [-0.15, -0.1) is 0 Å². The number of likely N-dealkylation sites (N-methyl/N-ethyl adjacent to an activating group) is 1. The number of aromatic nitrogens is 1. The van der Waals surface area contributed by atoms with E-state index < -0.39 is 0 Å². The van der Waals surface area contributed by atoms with Crippen molar-refractivity contribution in [1.82, 2.24) is 9.27 Å². The first-order valence-electron chi connectivity index (χ1n) is 5.37. The van der Waals surface area contributed by atoms with E-state index in [0.29, 0.717) is 5.82 Å². The SMILES string of the molecule is CCN(CC)CCNc1snc(N)c1C. The Kier molecular flexibility index (Phi) is 4.84. The molecule has 0 spiro atoms. The van der Waals surface area contributed by atoms with Crippen LogP contribution in [-0.2, 0) is 0 Å². The van der Waals surface area contributed by atoms with E-state index in [1.165, 1.54) is 11.5 Å². The third-order valence-electron chi connectivity index (χ3n) is 2.57. The normalized spacial score (nSPS) is 10.9. The second kappa shape index (κ2) is 5.92. The zero-order valence-corrected chi connectivity index (χ0v) is 10.5. The highest BCUT2D eigenvalue weighted by atomic mass is 32.1. The van der Waals surface area contributed by atoms with Crippen LogP contribution in [0, 0.1) is 6.92 Å². The summed E-state index contributed by atoms with van der Waals surface area (Å²) in [6, 6.07) is 0. The summed E-state index contributed by atoms with van der Waals surface area (Å²) in [6.07, 6.45) is 0. The Balaban J connectivity index is 2.34. The molecular weight excluding hydrogens is 208 g/mol. The van der Waals surface area contributed by atoms with Gasteiger partial charge in [0.2, 0.25) is 0 Å². The lowest BCUT2D eigenvalue weighted by molar-refractivity contribution is 0.316. The van der Waals surface area contributed by atoms with E-state index in [4.69, 9.17) is 5.73 Å². The quantitative estimate of drug-likeness (QED) is 0.779. The molecule has 0 saturated heterocycles. The van der Waals surface area contributed by atoms with E-state index in [2.05, 4.69) is 28.4 Å². The van der Waals surface area contributed by atoms with E-state index in [0.717, 1.165) is 36.7 Å². The van der Waals surface area contributed by atoms with E-state index in [-0.39, 0.29) is 0 Å². The van der Waals surface area contributed by atoms with Crippen LogP contribution in [0.1, 0.15) is 19.4 Å². The van der Waals surface area contributed by atoms with Crippen LogP contribution in [0.5, 0.6) is 0 Å². The Morgan fingerprint density at radius 3 is 2.53 bits per heavy atom. The van der Waals surface area contributed by atoms with Crippen molar-refractivity contribution in [2.45, 2.75) is 20.8 Å². The highest BCUT2D eigenvalue weighted by Gasteiger charge is 2.06. The lowest BCUT2D eigenvalue weighted by Crippen LogP contribution is -2.28. The molecule has 0 aromatic carbocycles. The third kappa shape index (κ3) is 3.35. The number of hydrogen-bond donors (Lipinski definition) is 2. The molecule has 1 aromatic rings. The summed E-state index contributed by atoms with van der Waals surface area (Å²) < 4.78 is 4.10. The van der Waals surface area contributed by atoms with Crippen LogP contribution >= 0.6 is 11.5 Å². The predicted molar refractivity (Wildman–Crippen MR) is 67.5 cm³/mol. The van der Waals surface area contributed by atoms with Gasteiger partial charge < -0.3 is 16.0 Å². The van der Waals surface area contributed by atoms with Gasteiger partial charge in [0.15, 0.2) is 0 Å². The van der Waals surface area contributed by atoms with Crippen molar-refractivity contribution in [2.75, 3.05) is 37.2 Å². The topological polar surface area (TPSA) is 54.2 Å². The van der Waals surface area contributed by atoms with E-state index in [1.807, 2.05) is 6.92 Å². The molecule has 0 aliphatic rings. The number of anilines is 2. The van der Waals surface area contributed by atoms with Crippen molar-refractivity contribution in [1.29, 1.82) is 0 Å². The summed E-state index contributed by atoms with van der Waals surface area (Å²) in [4.78, 5) is 2.38. The molecule has 0 radical (unpaired) electrons. The summed E-state index contributed by atoms with van der Waals surface area (Å²) in [5.74, 6) is 0.644. The minimum Gasteiger partial charge on any atom is -0.383 e. The van der Waals surface area contributed by atoms with Crippen LogP contribution in [0.4, 0.5) is 10.8 Å². The Morgan fingerprint density at radius 1 is 1.40 bits per heavy atom. The smallest absolute Gasteiger partial charge is 0.142 e. The Labute approximate surface area is 95.6 Å². The molecule has 1 heterocycles. The molecule has 0 aliphatic heterocycles. The summed E-state index contributed by atoms with van der Waals surface area (Å²) in [5, 5.41) is 4.46. The highest BCUT2D eigenvalue weighted by Crippen LogP contribution is 2.24. The maximum Gasteiger partial charge on any atom is 0.142 e. The van der Waals surface area contributed by atoms with Gasteiger partial charge in [0, 0.05) is 18.7 Å². The van der Waals surface area contributed by atoms with Crippen LogP contribution in [-0.4, -0.2) is 35.5 Å². The fourth-order valence-corrected chi connectivity index (χ4v) is 2.11. The number of nitrogen functional groups attached to an aromatic ring is 1. The van der Waals surface area contributed by atoms with Crippen molar-refractivity contribution in [3.05, 3.63) is 5.56 Å². The number of rotatable bonds is 6. The van der Waals surface area contributed by atoms with Crippen molar-refractivity contribution in [2.24, 2.45) is 0 Å². The molecule has 0 aliphatic carbocycles. The first-order chi connectivity index (χ1) is 7.19. The molecule has 0 amide bonds. The molecule has 0 atom stereocenters. The number of hydrogen-bond acceptors (Lipinski definition) is 5. The van der Waals surface area contributed by atoms with Crippen LogP contribution in [0.2, 0.25) is 0 Å². The van der Waals surface area contributed by atoms with Crippen molar-refractivity contribution in [3.8, 4) is 0 Å². The summed E-state index contributed by atoms with van der Waals surface area (Å²) in [7, 11) is 0. The minimum absolute atomic E-state index is 0.644. The summed E-state index contributed by atoms with van der Waals surface area (Å²) in [5.41, 5.74) is 6.74. The van der Waals surface area contributed by atoms with E-state index in [1.54, 1.807) is 0 Å². The molecular formula is C10H20N4S. The van der Waals surface area contributed by atoms with Crippen LogP contribution < -0.4 is 11.1 Å². The lowest BCUT2D eigenvalue weighted by Gasteiger charge is -2.17. The molecule has 5 heteroatoms. The molecule has 0 saturated carbocycles. The summed E-state index contributed by atoms with van der Waals surface area (Å²) in [6.45, 7) is 10.6. The zero-order chi connectivity index (χ0) is 11.3. The molecule has 4 nitrogen and oxygen atoms in total. The Hall–Kier alpha value is -0.810. The first kappa shape index (κ1) is 12.3. The van der Waals surface area contributed by atoms with Gasteiger partial charge in [-0.25, -0.2) is 0 Å². The molecule has 0 unspecified atom stereocenters. The standard InChI is InChI=1S/C10H20N4S/c1-4-14(5-2)7-6-12-10-8(3)9(11)13-15-10/h12H,4-7H2,1-3H3,(H2,11,13). The van der Waals surface area contributed by atoms with Gasteiger partial charge in [0.25, 0.3) is 0 Å². The minimum atomic E-state index is 0.644. The molecule has 3 N–H and O–H groups in total. The van der Waals surface area contributed by atoms with Crippen molar-refractivity contribution in [3.63, 3.8) is 0 Å². The molecule has 15 heavy (non-hydrogen) atoms. The first-order valence-corrected chi connectivity index (χ1v) is 6.14. The van der Waals surface area contributed by atoms with Crippen LogP contribution in [0.25, 0.3) is 0 Å². The van der Waals surface area contributed by atoms with Gasteiger partial charge in [-0.3, -0.25) is 0 Å². The summed E-state index contributed by atoms with van der Waals surface area (Å²) >= 11 is 1.44. The number of nitrogens with zero attached hydrogens (tertiary/aromatic N) is 2. The lowest BCUT2D eigenvalue weighted by atomic mass is 10.3. The molecule has 0 fully saturated rings. The monoisotopic (exact) mass is 228 g/mol. The molecule has 0 bridgehead atoms. The van der Waals surface area contributed by atoms with Gasteiger partial charge in [-0.05, 0) is 31.5 Å². The molecule has 1 rings (SSSR count). The van der Waals surface area contributed by atoms with Gasteiger partial charge in [0.1, 0.15) is 10.8 Å². The average molecular weight is 228 g/mol. The third-order valence-corrected chi connectivity index (χ3v) is 3.49. The highest BCUT2D eigenvalue weighted by molar-refractivity contribution is 7.10. The van der Waals surface area contributed by atoms with Gasteiger partial charge in [-0.1, -0.05) is 13.8 Å². The molecule has 1 aromatic heterocycles. The second-order valence-corrected chi connectivity index (χ2v) is 4.25. The zero-order valence-electron chi connectivity index (χ0n) is 9.71.